The molecule has 0 aromatic heterocycles. The lowest BCUT2D eigenvalue weighted by molar-refractivity contribution is 0.322. The van der Waals surface area contributed by atoms with Crippen LogP contribution in [-0.4, -0.2) is 28.8 Å². The fraction of sp³-hybridized carbons (Fsp3) is 0.889. The van der Waals surface area contributed by atoms with Crippen molar-refractivity contribution in [2.24, 2.45) is 5.73 Å². The largest absolute Gasteiger partial charge is 0.396 e. The van der Waals surface area contributed by atoms with Crippen molar-refractivity contribution in [3.8, 4) is 6.07 Å². The standard InChI is InChI=1S/C9H18N2OS/c1-9(11,8-10)4-2-3-6-13-7-5-12/h12H,2-7,11H2,1H3. The molecule has 0 aromatic rings. The third-order valence-electron chi connectivity index (χ3n) is 1.73. The van der Waals surface area contributed by atoms with Crippen LogP contribution in [0.1, 0.15) is 26.2 Å². The van der Waals surface area contributed by atoms with Crippen molar-refractivity contribution in [2.45, 2.75) is 31.7 Å². The van der Waals surface area contributed by atoms with Crippen molar-refractivity contribution in [1.29, 1.82) is 5.26 Å². The van der Waals surface area contributed by atoms with Gasteiger partial charge < -0.3 is 10.8 Å². The highest BCUT2D eigenvalue weighted by molar-refractivity contribution is 7.99. The first kappa shape index (κ1) is 12.8. The fourth-order valence-electron chi connectivity index (χ4n) is 0.919. The van der Waals surface area contributed by atoms with Crippen LogP contribution in [0.5, 0.6) is 0 Å². The summed E-state index contributed by atoms with van der Waals surface area (Å²) in [6.45, 7) is 2.01. The Morgan fingerprint density at radius 3 is 2.69 bits per heavy atom. The van der Waals surface area contributed by atoms with E-state index in [1.165, 1.54) is 0 Å². The molecule has 0 heterocycles. The topological polar surface area (TPSA) is 70.0 Å². The van der Waals surface area contributed by atoms with Crippen molar-refractivity contribution in [1.82, 2.24) is 0 Å². The molecule has 4 heteroatoms. The van der Waals surface area contributed by atoms with E-state index < -0.39 is 5.54 Å². The van der Waals surface area contributed by atoms with Gasteiger partial charge in [0.2, 0.25) is 0 Å². The maximum Gasteiger partial charge on any atom is 0.101 e. The first-order valence-electron chi connectivity index (χ1n) is 4.51. The quantitative estimate of drug-likeness (QED) is 0.607. The molecule has 0 amide bonds. The second-order valence-electron chi connectivity index (χ2n) is 3.32. The van der Waals surface area contributed by atoms with Crippen LogP contribution >= 0.6 is 11.8 Å². The minimum atomic E-state index is -0.665. The number of hydrogen-bond donors (Lipinski definition) is 2. The maximum atomic E-state index is 8.62. The highest BCUT2D eigenvalue weighted by Crippen LogP contribution is 2.11. The lowest BCUT2D eigenvalue weighted by Crippen LogP contribution is -2.33. The number of nitriles is 1. The van der Waals surface area contributed by atoms with Crippen molar-refractivity contribution >= 4 is 11.8 Å². The van der Waals surface area contributed by atoms with E-state index in [2.05, 4.69) is 6.07 Å². The van der Waals surface area contributed by atoms with E-state index in [-0.39, 0.29) is 6.61 Å². The van der Waals surface area contributed by atoms with Crippen LogP contribution in [0.25, 0.3) is 0 Å². The zero-order valence-electron chi connectivity index (χ0n) is 8.12. The van der Waals surface area contributed by atoms with Crippen LogP contribution in [0.15, 0.2) is 0 Å². The second-order valence-corrected chi connectivity index (χ2v) is 4.55. The van der Waals surface area contributed by atoms with Gasteiger partial charge in [0.15, 0.2) is 0 Å². The van der Waals surface area contributed by atoms with Gasteiger partial charge in [0.1, 0.15) is 5.54 Å². The third-order valence-corrected chi connectivity index (χ3v) is 2.77. The van der Waals surface area contributed by atoms with Gasteiger partial charge in [-0.05, 0) is 31.9 Å². The van der Waals surface area contributed by atoms with Crippen molar-refractivity contribution < 1.29 is 5.11 Å². The number of nitrogens with zero attached hydrogens (tertiary/aromatic N) is 1. The Bertz CT molecular complexity index is 165. The Morgan fingerprint density at radius 2 is 2.15 bits per heavy atom. The number of unbranched alkanes of at least 4 members (excludes halogenated alkanes) is 1. The number of rotatable bonds is 7. The van der Waals surface area contributed by atoms with E-state index in [0.29, 0.717) is 0 Å². The second kappa shape index (κ2) is 7.19. The van der Waals surface area contributed by atoms with E-state index in [1.807, 2.05) is 0 Å². The van der Waals surface area contributed by atoms with Crippen LogP contribution in [0.3, 0.4) is 0 Å². The Hall–Kier alpha value is -0.240. The van der Waals surface area contributed by atoms with Gasteiger partial charge >= 0.3 is 0 Å². The molecule has 0 aliphatic carbocycles. The van der Waals surface area contributed by atoms with Crippen molar-refractivity contribution in [3.63, 3.8) is 0 Å². The molecular formula is C9H18N2OS. The molecule has 0 aliphatic rings. The van der Waals surface area contributed by atoms with Gasteiger partial charge in [-0.1, -0.05) is 0 Å². The van der Waals surface area contributed by atoms with Crippen LogP contribution in [0, 0.1) is 11.3 Å². The lowest BCUT2D eigenvalue weighted by Gasteiger charge is -2.14. The van der Waals surface area contributed by atoms with E-state index >= 15 is 0 Å². The molecule has 0 saturated carbocycles. The lowest BCUT2D eigenvalue weighted by atomic mass is 9.99. The summed E-state index contributed by atoms with van der Waals surface area (Å²) in [5.41, 5.74) is 4.98. The highest BCUT2D eigenvalue weighted by Gasteiger charge is 2.15. The first-order chi connectivity index (χ1) is 6.12. The molecule has 13 heavy (non-hydrogen) atoms. The maximum absolute atomic E-state index is 8.62. The summed E-state index contributed by atoms with van der Waals surface area (Å²) in [6, 6.07) is 2.07. The molecule has 1 atom stereocenters. The zero-order chi connectivity index (χ0) is 10.2. The Kier molecular flexibility index (Phi) is 7.06. The van der Waals surface area contributed by atoms with E-state index in [9.17, 15) is 0 Å². The number of thioether (sulfide) groups is 1. The molecule has 76 valence electrons. The number of hydrogen-bond acceptors (Lipinski definition) is 4. The summed E-state index contributed by atoms with van der Waals surface area (Å²) < 4.78 is 0. The van der Waals surface area contributed by atoms with Gasteiger partial charge in [0.25, 0.3) is 0 Å². The van der Waals surface area contributed by atoms with Gasteiger partial charge in [-0.2, -0.15) is 17.0 Å². The molecule has 0 fully saturated rings. The SMILES string of the molecule is CC(N)(C#N)CCCCSCCO. The number of aliphatic hydroxyl groups is 1. The molecule has 0 aliphatic heterocycles. The van der Waals surface area contributed by atoms with Crippen LogP contribution in [-0.2, 0) is 0 Å². The van der Waals surface area contributed by atoms with E-state index in [1.54, 1.807) is 18.7 Å². The monoisotopic (exact) mass is 202 g/mol. The average molecular weight is 202 g/mol. The predicted molar refractivity (Wildman–Crippen MR) is 56.5 cm³/mol. The summed E-state index contributed by atoms with van der Waals surface area (Å²) in [4.78, 5) is 0. The Labute approximate surface area is 84.3 Å². The molecule has 0 aromatic carbocycles. The van der Waals surface area contributed by atoms with Crippen molar-refractivity contribution in [3.05, 3.63) is 0 Å². The Balaban J connectivity index is 3.22. The minimum Gasteiger partial charge on any atom is -0.396 e. The minimum absolute atomic E-state index is 0.247. The van der Waals surface area contributed by atoms with Gasteiger partial charge in [-0.25, -0.2) is 0 Å². The molecule has 0 bridgehead atoms. The van der Waals surface area contributed by atoms with E-state index in [4.69, 9.17) is 16.1 Å². The van der Waals surface area contributed by atoms with Crippen LogP contribution < -0.4 is 5.73 Å². The first-order valence-corrected chi connectivity index (χ1v) is 5.66. The third kappa shape index (κ3) is 8.10. The molecule has 3 nitrogen and oxygen atoms in total. The molecule has 0 rings (SSSR count). The number of aliphatic hydroxyl groups excluding tert-OH is 1. The summed E-state index contributed by atoms with van der Waals surface area (Å²) in [5, 5.41) is 17.1. The molecule has 1 unspecified atom stereocenters. The van der Waals surface area contributed by atoms with E-state index in [0.717, 1.165) is 30.8 Å². The van der Waals surface area contributed by atoms with Crippen molar-refractivity contribution in [2.75, 3.05) is 18.1 Å². The fourth-order valence-corrected chi connectivity index (χ4v) is 1.66. The zero-order valence-corrected chi connectivity index (χ0v) is 8.94. The molecule has 0 spiro atoms. The molecule has 3 N–H and O–H groups in total. The predicted octanol–water partition coefficient (Wildman–Crippen LogP) is 1.12. The summed E-state index contributed by atoms with van der Waals surface area (Å²) >= 11 is 1.74. The molecule has 0 saturated heterocycles. The smallest absolute Gasteiger partial charge is 0.101 e. The number of nitrogens with two attached hydrogens (primary N) is 1. The molecule has 0 radical (unpaired) electrons. The normalized spacial score (nSPS) is 14.9. The van der Waals surface area contributed by atoms with Gasteiger partial charge in [-0.15, -0.1) is 0 Å². The Morgan fingerprint density at radius 1 is 1.46 bits per heavy atom. The highest BCUT2D eigenvalue weighted by atomic mass is 32.2. The van der Waals surface area contributed by atoms with Gasteiger partial charge in [-0.3, -0.25) is 0 Å². The van der Waals surface area contributed by atoms with Gasteiger partial charge in [0, 0.05) is 5.75 Å². The van der Waals surface area contributed by atoms with Gasteiger partial charge in [0.05, 0.1) is 12.7 Å². The summed E-state index contributed by atoms with van der Waals surface area (Å²) in [6.07, 6.45) is 2.81. The van der Waals surface area contributed by atoms with Crippen LogP contribution in [0.2, 0.25) is 0 Å². The summed E-state index contributed by atoms with van der Waals surface area (Å²) in [7, 11) is 0. The average Bonchev–Trinajstić information content (AvgIpc) is 2.11. The molecular weight excluding hydrogens is 184 g/mol. The van der Waals surface area contributed by atoms with Crippen LogP contribution in [0.4, 0.5) is 0 Å². The summed E-state index contributed by atoms with van der Waals surface area (Å²) in [5.74, 6) is 1.85.